The standard InChI is InChI=1S/C15H23NO2/c1-11(13-6-4-5-12(9-13)10-17)16-14-7-2-3-8-15(14)18/h4-6,9,11,14-18H,2-3,7-8,10H2,1H3. The summed E-state index contributed by atoms with van der Waals surface area (Å²) in [4.78, 5) is 0. The highest BCUT2D eigenvalue weighted by atomic mass is 16.3. The molecule has 2 rings (SSSR count). The summed E-state index contributed by atoms with van der Waals surface area (Å²) in [5, 5.41) is 22.6. The maximum Gasteiger partial charge on any atom is 0.0693 e. The number of nitrogens with one attached hydrogen (secondary N) is 1. The molecule has 1 aliphatic carbocycles. The van der Waals surface area contributed by atoms with Crippen LogP contribution in [0, 0.1) is 0 Å². The molecule has 0 bridgehead atoms. The Hall–Kier alpha value is -0.900. The summed E-state index contributed by atoms with van der Waals surface area (Å²) < 4.78 is 0. The Morgan fingerprint density at radius 1 is 1.33 bits per heavy atom. The molecule has 1 aliphatic rings. The second-order valence-electron chi connectivity index (χ2n) is 5.25. The molecule has 0 spiro atoms. The van der Waals surface area contributed by atoms with Gasteiger partial charge in [0.1, 0.15) is 0 Å². The molecule has 1 saturated carbocycles. The largest absolute Gasteiger partial charge is 0.392 e. The number of hydrogen-bond donors (Lipinski definition) is 3. The van der Waals surface area contributed by atoms with Gasteiger partial charge in [-0.2, -0.15) is 0 Å². The van der Waals surface area contributed by atoms with Gasteiger partial charge in [-0.3, -0.25) is 0 Å². The van der Waals surface area contributed by atoms with Crippen LogP contribution in [0.5, 0.6) is 0 Å². The number of rotatable bonds is 4. The molecule has 100 valence electrons. The lowest BCUT2D eigenvalue weighted by molar-refractivity contribution is 0.0859. The van der Waals surface area contributed by atoms with Crippen molar-refractivity contribution in [2.75, 3.05) is 0 Å². The molecule has 1 aromatic rings. The van der Waals surface area contributed by atoms with Gasteiger partial charge in [-0.15, -0.1) is 0 Å². The second-order valence-corrected chi connectivity index (χ2v) is 5.25. The average molecular weight is 249 g/mol. The Labute approximate surface area is 109 Å². The maximum absolute atomic E-state index is 9.96. The van der Waals surface area contributed by atoms with E-state index in [1.165, 1.54) is 12.0 Å². The van der Waals surface area contributed by atoms with Crippen molar-refractivity contribution in [2.24, 2.45) is 0 Å². The molecule has 3 unspecified atom stereocenters. The van der Waals surface area contributed by atoms with Crippen LogP contribution in [-0.2, 0) is 6.61 Å². The highest BCUT2D eigenvalue weighted by Gasteiger charge is 2.24. The molecule has 1 aromatic carbocycles. The van der Waals surface area contributed by atoms with E-state index in [0.29, 0.717) is 0 Å². The summed E-state index contributed by atoms with van der Waals surface area (Å²) in [5.41, 5.74) is 2.10. The molecule has 0 radical (unpaired) electrons. The number of aliphatic hydroxyl groups is 2. The van der Waals surface area contributed by atoms with Crippen LogP contribution in [0.15, 0.2) is 24.3 Å². The smallest absolute Gasteiger partial charge is 0.0693 e. The first kappa shape index (κ1) is 13.5. The van der Waals surface area contributed by atoms with E-state index in [9.17, 15) is 5.11 Å². The molecule has 18 heavy (non-hydrogen) atoms. The Balaban J connectivity index is 1.99. The predicted molar refractivity (Wildman–Crippen MR) is 72.2 cm³/mol. The van der Waals surface area contributed by atoms with Gasteiger partial charge in [0.15, 0.2) is 0 Å². The summed E-state index contributed by atoms with van der Waals surface area (Å²) in [6.07, 6.45) is 4.06. The van der Waals surface area contributed by atoms with E-state index in [2.05, 4.69) is 18.3 Å². The fourth-order valence-electron chi connectivity index (χ4n) is 2.68. The third-order valence-electron chi connectivity index (χ3n) is 3.83. The first-order valence-corrected chi connectivity index (χ1v) is 6.84. The van der Waals surface area contributed by atoms with Crippen LogP contribution in [0.3, 0.4) is 0 Å². The second kappa shape index (κ2) is 6.32. The molecule has 0 heterocycles. The van der Waals surface area contributed by atoms with Crippen molar-refractivity contribution in [1.29, 1.82) is 0 Å². The number of benzene rings is 1. The van der Waals surface area contributed by atoms with E-state index in [1.54, 1.807) is 0 Å². The summed E-state index contributed by atoms with van der Waals surface area (Å²) in [5.74, 6) is 0. The van der Waals surface area contributed by atoms with Gasteiger partial charge in [0, 0.05) is 12.1 Å². The number of aliphatic hydroxyl groups excluding tert-OH is 2. The minimum atomic E-state index is -0.220. The highest BCUT2D eigenvalue weighted by Crippen LogP contribution is 2.22. The minimum absolute atomic E-state index is 0.0760. The normalized spacial score (nSPS) is 25.9. The third-order valence-corrected chi connectivity index (χ3v) is 3.83. The van der Waals surface area contributed by atoms with E-state index >= 15 is 0 Å². The summed E-state index contributed by atoms with van der Waals surface area (Å²) in [6.45, 7) is 2.18. The van der Waals surface area contributed by atoms with Crippen LogP contribution >= 0.6 is 0 Å². The van der Waals surface area contributed by atoms with Crippen molar-refractivity contribution < 1.29 is 10.2 Å². The molecule has 0 amide bonds. The fourth-order valence-corrected chi connectivity index (χ4v) is 2.68. The molecule has 0 aromatic heterocycles. The van der Waals surface area contributed by atoms with Crippen LogP contribution in [-0.4, -0.2) is 22.4 Å². The van der Waals surface area contributed by atoms with Crippen LogP contribution in [0.2, 0.25) is 0 Å². The Morgan fingerprint density at radius 2 is 2.11 bits per heavy atom. The molecule has 0 aliphatic heterocycles. The van der Waals surface area contributed by atoms with Gasteiger partial charge in [-0.05, 0) is 30.9 Å². The van der Waals surface area contributed by atoms with Crippen molar-refractivity contribution in [3.63, 3.8) is 0 Å². The van der Waals surface area contributed by atoms with Crippen LogP contribution in [0.1, 0.15) is 49.8 Å². The van der Waals surface area contributed by atoms with Crippen molar-refractivity contribution in [3.8, 4) is 0 Å². The lowest BCUT2D eigenvalue weighted by Crippen LogP contribution is -2.43. The first-order chi connectivity index (χ1) is 8.70. The monoisotopic (exact) mass is 249 g/mol. The SMILES string of the molecule is CC(NC1CCCCC1O)c1cccc(CO)c1. The van der Waals surface area contributed by atoms with E-state index in [0.717, 1.165) is 24.8 Å². The van der Waals surface area contributed by atoms with Crippen LogP contribution in [0.4, 0.5) is 0 Å². The van der Waals surface area contributed by atoms with E-state index in [1.807, 2.05) is 18.2 Å². The lowest BCUT2D eigenvalue weighted by Gasteiger charge is -2.31. The quantitative estimate of drug-likeness (QED) is 0.766. The Bertz CT molecular complexity index is 381. The first-order valence-electron chi connectivity index (χ1n) is 6.84. The zero-order chi connectivity index (χ0) is 13.0. The van der Waals surface area contributed by atoms with Crippen molar-refractivity contribution in [3.05, 3.63) is 35.4 Å². The van der Waals surface area contributed by atoms with Gasteiger partial charge in [0.2, 0.25) is 0 Å². The molecule has 3 atom stereocenters. The zero-order valence-corrected chi connectivity index (χ0v) is 11.0. The molecular formula is C15H23NO2. The van der Waals surface area contributed by atoms with Crippen molar-refractivity contribution >= 4 is 0 Å². The average Bonchev–Trinajstić information content (AvgIpc) is 2.41. The molecule has 3 heteroatoms. The predicted octanol–water partition coefficient (Wildman–Crippen LogP) is 2.13. The third kappa shape index (κ3) is 3.31. The maximum atomic E-state index is 9.96. The molecule has 1 fully saturated rings. The van der Waals surface area contributed by atoms with Gasteiger partial charge in [-0.1, -0.05) is 37.1 Å². The van der Waals surface area contributed by atoms with Gasteiger partial charge < -0.3 is 15.5 Å². The van der Waals surface area contributed by atoms with Crippen molar-refractivity contribution in [2.45, 2.75) is 57.4 Å². The van der Waals surface area contributed by atoms with Crippen LogP contribution < -0.4 is 5.32 Å². The minimum Gasteiger partial charge on any atom is -0.392 e. The fraction of sp³-hybridized carbons (Fsp3) is 0.600. The van der Waals surface area contributed by atoms with Gasteiger partial charge in [0.25, 0.3) is 0 Å². The Kier molecular flexibility index (Phi) is 4.75. The van der Waals surface area contributed by atoms with E-state index in [4.69, 9.17) is 5.11 Å². The summed E-state index contributed by atoms with van der Waals surface area (Å²) >= 11 is 0. The summed E-state index contributed by atoms with van der Waals surface area (Å²) in [7, 11) is 0. The van der Waals surface area contributed by atoms with Gasteiger partial charge in [0.05, 0.1) is 12.7 Å². The molecular weight excluding hydrogens is 226 g/mol. The molecule has 3 nitrogen and oxygen atoms in total. The Morgan fingerprint density at radius 3 is 2.83 bits per heavy atom. The zero-order valence-electron chi connectivity index (χ0n) is 11.0. The van der Waals surface area contributed by atoms with E-state index < -0.39 is 0 Å². The highest BCUT2D eigenvalue weighted by molar-refractivity contribution is 5.25. The van der Waals surface area contributed by atoms with Crippen molar-refractivity contribution in [1.82, 2.24) is 5.32 Å². The lowest BCUT2D eigenvalue weighted by atomic mass is 9.91. The van der Waals surface area contributed by atoms with Crippen LogP contribution in [0.25, 0.3) is 0 Å². The van der Waals surface area contributed by atoms with Gasteiger partial charge >= 0.3 is 0 Å². The molecule has 0 saturated heterocycles. The topological polar surface area (TPSA) is 52.5 Å². The van der Waals surface area contributed by atoms with E-state index in [-0.39, 0.29) is 24.8 Å². The van der Waals surface area contributed by atoms with Gasteiger partial charge in [-0.25, -0.2) is 0 Å². The summed E-state index contributed by atoms with van der Waals surface area (Å²) in [6, 6.07) is 8.38. The molecule has 3 N–H and O–H groups in total. The number of hydrogen-bond acceptors (Lipinski definition) is 3.